The van der Waals surface area contributed by atoms with Crippen molar-refractivity contribution in [1.29, 1.82) is 0 Å². The molecule has 0 aliphatic rings. The van der Waals surface area contributed by atoms with Gasteiger partial charge in [0.2, 0.25) is 0 Å². The van der Waals surface area contributed by atoms with Gasteiger partial charge in [-0.15, -0.1) is 11.3 Å². The number of aromatic nitrogens is 2. The lowest BCUT2D eigenvalue weighted by molar-refractivity contribution is 0.489. The summed E-state index contributed by atoms with van der Waals surface area (Å²) in [5.41, 5.74) is 7.88. The first kappa shape index (κ1) is 9.68. The van der Waals surface area contributed by atoms with Crippen LogP contribution in [0.5, 0.6) is 0 Å². The van der Waals surface area contributed by atoms with Crippen LogP contribution < -0.4 is 5.73 Å². The number of thiazole rings is 1. The number of hydrogen-bond donors (Lipinski definition) is 1. The molecule has 0 atom stereocenters. The first-order valence-electron chi connectivity index (χ1n) is 4.55. The van der Waals surface area contributed by atoms with Gasteiger partial charge in [-0.25, -0.2) is 9.97 Å². The summed E-state index contributed by atoms with van der Waals surface area (Å²) >= 11 is 2.97. The molecular weight excluding hydrogens is 242 g/mol. The normalized spacial score (nSPS) is 11.0. The van der Waals surface area contributed by atoms with Crippen LogP contribution in [-0.2, 0) is 0 Å². The molecule has 0 spiro atoms. The van der Waals surface area contributed by atoms with Crippen LogP contribution in [0.15, 0.2) is 43.8 Å². The molecule has 6 heteroatoms. The molecule has 0 radical (unpaired) electrons. The maximum Gasteiger partial charge on any atom is 0.263 e. The van der Waals surface area contributed by atoms with E-state index in [4.69, 9.17) is 10.2 Å². The van der Waals surface area contributed by atoms with E-state index < -0.39 is 0 Å². The van der Waals surface area contributed by atoms with E-state index in [9.17, 15) is 0 Å². The van der Waals surface area contributed by atoms with E-state index in [-0.39, 0.29) is 0 Å². The van der Waals surface area contributed by atoms with Crippen molar-refractivity contribution in [1.82, 2.24) is 9.97 Å². The second kappa shape index (κ2) is 3.80. The van der Waals surface area contributed by atoms with Crippen molar-refractivity contribution in [2.45, 2.75) is 9.56 Å². The molecule has 1 aromatic carbocycles. The fraction of sp³-hybridized carbons (Fsp3) is 0. The Morgan fingerprint density at radius 2 is 2.31 bits per heavy atom. The van der Waals surface area contributed by atoms with E-state index in [1.807, 2.05) is 11.4 Å². The van der Waals surface area contributed by atoms with E-state index in [1.54, 1.807) is 29.7 Å². The maximum absolute atomic E-state index is 5.67. The Balaban J connectivity index is 1.99. The van der Waals surface area contributed by atoms with Crippen LogP contribution in [0.25, 0.3) is 11.1 Å². The summed E-state index contributed by atoms with van der Waals surface area (Å²) in [5.74, 6) is 0. The van der Waals surface area contributed by atoms with Crippen molar-refractivity contribution in [2.24, 2.45) is 0 Å². The lowest BCUT2D eigenvalue weighted by Gasteiger charge is -1.88. The van der Waals surface area contributed by atoms with Crippen LogP contribution in [0.2, 0.25) is 0 Å². The topological polar surface area (TPSA) is 64.9 Å². The Morgan fingerprint density at radius 3 is 3.12 bits per heavy atom. The maximum atomic E-state index is 5.67. The van der Waals surface area contributed by atoms with Gasteiger partial charge in [-0.1, -0.05) is 0 Å². The first-order chi connectivity index (χ1) is 7.81. The third kappa shape index (κ3) is 1.77. The van der Waals surface area contributed by atoms with Crippen molar-refractivity contribution in [3.05, 3.63) is 29.8 Å². The van der Waals surface area contributed by atoms with Gasteiger partial charge in [0.15, 0.2) is 9.92 Å². The highest BCUT2D eigenvalue weighted by atomic mass is 32.2. The third-order valence-electron chi connectivity index (χ3n) is 1.98. The molecule has 0 fully saturated rings. The second-order valence-corrected chi connectivity index (χ2v) is 5.20. The molecule has 3 aromatic rings. The zero-order valence-electron chi connectivity index (χ0n) is 8.08. The van der Waals surface area contributed by atoms with E-state index in [1.165, 1.54) is 11.8 Å². The van der Waals surface area contributed by atoms with E-state index in [0.717, 1.165) is 15.4 Å². The van der Waals surface area contributed by atoms with Crippen LogP contribution >= 0.6 is 23.1 Å². The Kier molecular flexibility index (Phi) is 2.30. The summed E-state index contributed by atoms with van der Waals surface area (Å²) in [7, 11) is 0. The van der Waals surface area contributed by atoms with Gasteiger partial charge in [-0.2, -0.15) is 0 Å². The third-order valence-corrected chi connectivity index (χ3v) is 3.71. The first-order valence-corrected chi connectivity index (χ1v) is 6.24. The highest BCUT2D eigenvalue weighted by Gasteiger charge is 2.08. The summed E-state index contributed by atoms with van der Waals surface area (Å²) < 4.78 is 6.48. The van der Waals surface area contributed by atoms with Crippen LogP contribution in [0.4, 0.5) is 5.69 Å². The average Bonchev–Trinajstić information content (AvgIpc) is 2.86. The zero-order valence-corrected chi connectivity index (χ0v) is 9.72. The number of nitrogens with zero attached hydrogens (tertiary/aromatic N) is 2. The van der Waals surface area contributed by atoms with Crippen molar-refractivity contribution < 1.29 is 4.42 Å². The average molecular weight is 249 g/mol. The fourth-order valence-corrected chi connectivity index (χ4v) is 2.77. The minimum Gasteiger partial charge on any atom is -0.431 e. The van der Waals surface area contributed by atoms with Gasteiger partial charge in [0.05, 0.1) is 0 Å². The number of benzene rings is 1. The van der Waals surface area contributed by atoms with Crippen LogP contribution in [0.3, 0.4) is 0 Å². The van der Waals surface area contributed by atoms with Crippen molar-refractivity contribution in [3.63, 3.8) is 0 Å². The number of fused-ring (bicyclic) bond motifs is 1. The molecule has 2 heterocycles. The predicted molar refractivity (Wildman–Crippen MR) is 64.7 cm³/mol. The van der Waals surface area contributed by atoms with Gasteiger partial charge in [-0.3, -0.25) is 0 Å². The predicted octanol–water partition coefficient (Wildman–Crippen LogP) is 3.02. The summed E-state index contributed by atoms with van der Waals surface area (Å²) in [5, 5.41) is 2.51. The largest absolute Gasteiger partial charge is 0.431 e. The van der Waals surface area contributed by atoms with Crippen LogP contribution in [0, 0.1) is 0 Å². The summed E-state index contributed by atoms with van der Waals surface area (Å²) in [6, 6.07) is 5.42. The summed E-state index contributed by atoms with van der Waals surface area (Å²) in [6.45, 7) is 0. The molecule has 0 bridgehead atoms. The number of hydrogen-bond acceptors (Lipinski definition) is 6. The molecule has 16 heavy (non-hydrogen) atoms. The molecule has 4 nitrogen and oxygen atoms in total. The molecular formula is C10H7N3OS2. The lowest BCUT2D eigenvalue weighted by Crippen LogP contribution is -1.82. The van der Waals surface area contributed by atoms with Gasteiger partial charge in [0.25, 0.3) is 5.22 Å². The number of nitrogens with two attached hydrogens (primary N) is 1. The van der Waals surface area contributed by atoms with E-state index in [2.05, 4.69) is 9.97 Å². The Morgan fingerprint density at radius 1 is 1.38 bits per heavy atom. The molecule has 0 saturated heterocycles. The SMILES string of the molecule is Nc1ccc2oc(Sc3nccs3)nc2c1. The quantitative estimate of drug-likeness (QED) is 0.707. The second-order valence-electron chi connectivity index (χ2n) is 3.11. The van der Waals surface area contributed by atoms with Crippen molar-refractivity contribution >= 4 is 39.9 Å². The smallest absolute Gasteiger partial charge is 0.263 e. The lowest BCUT2D eigenvalue weighted by atomic mass is 10.3. The van der Waals surface area contributed by atoms with Crippen molar-refractivity contribution in [2.75, 3.05) is 5.73 Å². The minimum atomic E-state index is 0.593. The van der Waals surface area contributed by atoms with Crippen LogP contribution in [0.1, 0.15) is 0 Å². The van der Waals surface area contributed by atoms with E-state index >= 15 is 0 Å². The Bertz CT molecular complexity index is 618. The standard InChI is InChI=1S/C10H7N3OS2/c11-6-1-2-8-7(5-6)13-9(14-8)16-10-12-3-4-15-10/h1-5H,11H2. The fourth-order valence-electron chi connectivity index (χ4n) is 1.30. The zero-order chi connectivity index (χ0) is 11.0. The van der Waals surface area contributed by atoms with Gasteiger partial charge in [0, 0.05) is 29.0 Å². The molecule has 0 amide bonds. The molecule has 3 rings (SSSR count). The molecule has 0 aliphatic carbocycles. The number of anilines is 1. The molecule has 2 N–H and O–H groups in total. The van der Waals surface area contributed by atoms with E-state index in [0.29, 0.717) is 10.9 Å². The van der Waals surface area contributed by atoms with Gasteiger partial charge >= 0.3 is 0 Å². The Hall–Kier alpha value is -1.53. The molecule has 0 unspecified atom stereocenters. The molecule has 0 saturated carbocycles. The number of rotatable bonds is 2. The molecule has 80 valence electrons. The summed E-state index contributed by atoms with van der Waals surface area (Å²) in [4.78, 5) is 8.49. The van der Waals surface area contributed by atoms with Gasteiger partial charge < -0.3 is 10.2 Å². The van der Waals surface area contributed by atoms with Crippen molar-refractivity contribution in [3.8, 4) is 0 Å². The summed E-state index contributed by atoms with van der Waals surface area (Å²) in [6.07, 6.45) is 1.76. The molecule has 2 aromatic heterocycles. The molecule has 0 aliphatic heterocycles. The Labute approximate surface area is 99.5 Å². The van der Waals surface area contributed by atoms with Gasteiger partial charge in [-0.05, 0) is 18.2 Å². The van der Waals surface area contributed by atoms with Crippen LogP contribution in [-0.4, -0.2) is 9.97 Å². The monoisotopic (exact) mass is 249 g/mol. The highest BCUT2D eigenvalue weighted by molar-refractivity contribution is 8.00. The van der Waals surface area contributed by atoms with Gasteiger partial charge in [0.1, 0.15) is 5.52 Å². The minimum absolute atomic E-state index is 0.593. The highest BCUT2D eigenvalue weighted by Crippen LogP contribution is 2.31. The number of oxazole rings is 1. The number of nitrogen functional groups attached to an aromatic ring is 1.